The first-order chi connectivity index (χ1) is 11.7. The molecule has 1 amide bonds. The number of hydrogen-bond donors (Lipinski definition) is 0. The molecule has 24 heavy (non-hydrogen) atoms. The normalized spacial score (nSPS) is 15.7. The number of amides is 1. The molecular weight excluding hydrogens is 300 g/mol. The van der Waals surface area contributed by atoms with E-state index in [9.17, 15) is 4.79 Å². The van der Waals surface area contributed by atoms with Crippen LogP contribution in [0.5, 0.6) is 0 Å². The minimum absolute atomic E-state index is 0.105. The molecule has 0 aromatic carbocycles. The molecule has 1 fully saturated rings. The number of imidazole rings is 1. The van der Waals surface area contributed by atoms with Crippen LogP contribution < -0.4 is 0 Å². The van der Waals surface area contributed by atoms with Crippen molar-refractivity contribution in [3.8, 4) is 0 Å². The van der Waals surface area contributed by atoms with Gasteiger partial charge in [0, 0.05) is 50.3 Å². The zero-order valence-corrected chi connectivity index (χ0v) is 14.6. The zero-order valence-electron chi connectivity index (χ0n) is 14.6. The third kappa shape index (κ3) is 3.50. The third-order valence-corrected chi connectivity index (χ3v) is 4.92. The lowest BCUT2D eigenvalue weighted by molar-refractivity contribution is 0.0709. The zero-order chi connectivity index (χ0) is 16.9. The third-order valence-electron chi connectivity index (χ3n) is 4.92. The van der Waals surface area contributed by atoms with Gasteiger partial charge in [0.25, 0.3) is 5.91 Å². The van der Waals surface area contributed by atoms with Crippen LogP contribution in [0.3, 0.4) is 0 Å². The minimum atomic E-state index is 0.105. The number of pyridine rings is 1. The van der Waals surface area contributed by atoms with E-state index in [2.05, 4.69) is 27.7 Å². The van der Waals surface area contributed by atoms with Crippen LogP contribution in [-0.4, -0.2) is 38.4 Å². The second kappa shape index (κ2) is 7.60. The number of nitrogens with zero attached hydrogens (tertiary/aromatic N) is 4. The molecule has 3 heterocycles. The van der Waals surface area contributed by atoms with Gasteiger partial charge in [-0.25, -0.2) is 4.98 Å². The molecule has 0 aliphatic carbocycles. The van der Waals surface area contributed by atoms with Crippen molar-refractivity contribution in [3.05, 3.63) is 47.8 Å². The summed E-state index contributed by atoms with van der Waals surface area (Å²) in [6.07, 6.45) is 11.7. The Balaban J connectivity index is 1.63. The quantitative estimate of drug-likeness (QED) is 0.846. The maximum atomic E-state index is 12.7. The second-order valence-corrected chi connectivity index (χ2v) is 6.59. The summed E-state index contributed by atoms with van der Waals surface area (Å²) in [6, 6.07) is 1.89. The summed E-state index contributed by atoms with van der Waals surface area (Å²) >= 11 is 0. The first-order valence-corrected chi connectivity index (χ1v) is 8.91. The Bertz CT molecular complexity index is 686. The average molecular weight is 326 g/mol. The van der Waals surface area contributed by atoms with Crippen molar-refractivity contribution < 1.29 is 4.79 Å². The molecule has 0 atom stereocenters. The number of hydrogen-bond acceptors (Lipinski definition) is 3. The molecule has 0 bridgehead atoms. The summed E-state index contributed by atoms with van der Waals surface area (Å²) < 4.78 is 2.29. The molecule has 5 nitrogen and oxygen atoms in total. The van der Waals surface area contributed by atoms with Gasteiger partial charge in [-0.2, -0.15) is 0 Å². The Kier molecular flexibility index (Phi) is 5.28. The Morgan fingerprint density at radius 1 is 1.29 bits per heavy atom. The summed E-state index contributed by atoms with van der Waals surface area (Å²) in [5.41, 5.74) is 1.72. The predicted octanol–water partition coefficient (Wildman–Crippen LogP) is 3.41. The van der Waals surface area contributed by atoms with Crippen LogP contribution in [0, 0.1) is 6.92 Å². The summed E-state index contributed by atoms with van der Waals surface area (Å²) in [7, 11) is 0. The standard InChI is InChI=1S/C19H26N4O/c1-3-4-10-22-13-9-21-18(22)16-6-11-23(12-7-16)19(24)17-14-20-8-5-15(17)2/h5,8-9,13-14,16H,3-4,6-7,10-12H2,1-2H3. The summed E-state index contributed by atoms with van der Waals surface area (Å²) in [5.74, 6) is 1.75. The van der Waals surface area contributed by atoms with Crippen LogP contribution in [0.2, 0.25) is 0 Å². The van der Waals surface area contributed by atoms with Crippen molar-refractivity contribution in [1.29, 1.82) is 0 Å². The topological polar surface area (TPSA) is 51.0 Å². The largest absolute Gasteiger partial charge is 0.339 e. The van der Waals surface area contributed by atoms with E-state index in [4.69, 9.17) is 0 Å². The van der Waals surface area contributed by atoms with E-state index in [1.807, 2.05) is 24.1 Å². The van der Waals surface area contributed by atoms with E-state index in [1.54, 1.807) is 12.4 Å². The first kappa shape index (κ1) is 16.7. The van der Waals surface area contributed by atoms with E-state index < -0.39 is 0 Å². The highest BCUT2D eigenvalue weighted by molar-refractivity contribution is 5.95. The fraction of sp³-hybridized carbons (Fsp3) is 0.526. The molecule has 0 radical (unpaired) electrons. The number of unbranched alkanes of at least 4 members (excludes halogenated alkanes) is 1. The maximum absolute atomic E-state index is 12.7. The van der Waals surface area contributed by atoms with Crippen LogP contribution in [0.15, 0.2) is 30.9 Å². The summed E-state index contributed by atoms with van der Waals surface area (Å²) in [4.78, 5) is 23.3. The molecule has 0 N–H and O–H groups in total. The van der Waals surface area contributed by atoms with Crippen LogP contribution in [0.4, 0.5) is 0 Å². The van der Waals surface area contributed by atoms with Gasteiger partial charge in [0.1, 0.15) is 5.82 Å². The lowest BCUT2D eigenvalue weighted by Crippen LogP contribution is -2.38. The molecule has 0 saturated carbocycles. The van der Waals surface area contributed by atoms with Crippen LogP contribution in [0.25, 0.3) is 0 Å². The van der Waals surface area contributed by atoms with Crippen molar-refractivity contribution >= 4 is 5.91 Å². The SMILES string of the molecule is CCCCn1ccnc1C1CCN(C(=O)c2cnccc2C)CC1. The fourth-order valence-corrected chi connectivity index (χ4v) is 3.40. The smallest absolute Gasteiger partial charge is 0.255 e. The molecule has 1 aliphatic rings. The van der Waals surface area contributed by atoms with Gasteiger partial charge in [-0.1, -0.05) is 13.3 Å². The average Bonchev–Trinajstić information content (AvgIpc) is 3.08. The van der Waals surface area contributed by atoms with Crippen LogP contribution in [-0.2, 0) is 6.54 Å². The molecule has 2 aromatic rings. The molecule has 1 aliphatic heterocycles. The van der Waals surface area contributed by atoms with Crippen LogP contribution in [0.1, 0.15) is 60.3 Å². The first-order valence-electron chi connectivity index (χ1n) is 8.91. The van der Waals surface area contributed by atoms with E-state index in [0.29, 0.717) is 5.92 Å². The maximum Gasteiger partial charge on any atom is 0.255 e. The highest BCUT2D eigenvalue weighted by atomic mass is 16.2. The minimum Gasteiger partial charge on any atom is -0.339 e. The Morgan fingerprint density at radius 2 is 2.08 bits per heavy atom. The van der Waals surface area contributed by atoms with Gasteiger partial charge in [0.15, 0.2) is 0 Å². The van der Waals surface area contributed by atoms with Gasteiger partial charge in [-0.15, -0.1) is 0 Å². The molecular formula is C19H26N4O. The van der Waals surface area contributed by atoms with Crippen LogP contribution >= 0.6 is 0 Å². The number of carbonyl (C=O) groups is 1. The van der Waals surface area contributed by atoms with Gasteiger partial charge in [0.2, 0.25) is 0 Å². The fourth-order valence-electron chi connectivity index (χ4n) is 3.40. The van der Waals surface area contributed by atoms with Crippen molar-refractivity contribution in [2.24, 2.45) is 0 Å². The van der Waals surface area contributed by atoms with Crippen molar-refractivity contribution in [2.45, 2.75) is 52.0 Å². The van der Waals surface area contributed by atoms with Crippen molar-refractivity contribution in [1.82, 2.24) is 19.4 Å². The monoisotopic (exact) mass is 326 g/mol. The highest BCUT2D eigenvalue weighted by Crippen LogP contribution is 2.28. The number of aryl methyl sites for hydroxylation is 2. The lowest BCUT2D eigenvalue weighted by atomic mass is 9.95. The highest BCUT2D eigenvalue weighted by Gasteiger charge is 2.27. The van der Waals surface area contributed by atoms with Gasteiger partial charge in [-0.3, -0.25) is 9.78 Å². The summed E-state index contributed by atoms with van der Waals surface area (Å²) in [6.45, 7) is 6.80. The number of aromatic nitrogens is 3. The molecule has 128 valence electrons. The van der Waals surface area contributed by atoms with Gasteiger partial charge < -0.3 is 9.47 Å². The molecule has 3 rings (SSSR count). The number of carbonyl (C=O) groups excluding carboxylic acids is 1. The Hall–Kier alpha value is -2.17. The number of likely N-dealkylation sites (tertiary alicyclic amines) is 1. The van der Waals surface area contributed by atoms with E-state index in [0.717, 1.165) is 43.6 Å². The summed E-state index contributed by atoms with van der Waals surface area (Å²) in [5, 5.41) is 0. The van der Waals surface area contributed by atoms with Gasteiger partial charge in [-0.05, 0) is 37.8 Å². The van der Waals surface area contributed by atoms with Crippen molar-refractivity contribution in [2.75, 3.05) is 13.1 Å². The number of piperidine rings is 1. The van der Waals surface area contributed by atoms with Gasteiger partial charge >= 0.3 is 0 Å². The number of rotatable bonds is 5. The Labute approximate surface area is 143 Å². The molecule has 2 aromatic heterocycles. The molecule has 0 spiro atoms. The molecule has 0 unspecified atom stereocenters. The predicted molar refractivity (Wildman–Crippen MR) is 94.0 cm³/mol. The van der Waals surface area contributed by atoms with E-state index in [1.165, 1.54) is 18.7 Å². The van der Waals surface area contributed by atoms with Gasteiger partial charge in [0.05, 0.1) is 5.56 Å². The van der Waals surface area contributed by atoms with E-state index in [-0.39, 0.29) is 5.91 Å². The molecule has 5 heteroatoms. The van der Waals surface area contributed by atoms with Crippen molar-refractivity contribution in [3.63, 3.8) is 0 Å². The lowest BCUT2D eigenvalue weighted by Gasteiger charge is -2.32. The molecule has 1 saturated heterocycles. The Morgan fingerprint density at radius 3 is 2.79 bits per heavy atom. The second-order valence-electron chi connectivity index (χ2n) is 6.59. The van der Waals surface area contributed by atoms with E-state index >= 15 is 0 Å².